The van der Waals surface area contributed by atoms with E-state index in [4.69, 9.17) is 4.74 Å². The summed E-state index contributed by atoms with van der Waals surface area (Å²) in [6.07, 6.45) is 1.19. The second-order valence-electron chi connectivity index (χ2n) is 4.44. The molecule has 1 unspecified atom stereocenters. The van der Waals surface area contributed by atoms with Gasteiger partial charge in [0.25, 0.3) is 0 Å². The van der Waals surface area contributed by atoms with Gasteiger partial charge in [-0.1, -0.05) is 0 Å². The number of hydrogen-bond acceptors (Lipinski definition) is 3. The van der Waals surface area contributed by atoms with Crippen LogP contribution in [0.3, 0.4) is 0 Å². The van der Waals surface area contributed by atoms with E-state index in [9.17, 15) is 5.11 Å². The monoisotopic (exact) mass is 187 g/mol. The molecule has 1 saturated heterocycles. The zero-order chi connectivity index (χ0) is 9.90. The van der Waals surface area contributed by atoms with E-state index in [0.29, 0.717) is 6.10 Å². The molecule has 1 fully saturated rings. The quantitative estimate of drug-likeness (QED) is 0.709. The fourth-order valence-electron chi connectivity index (χ4n) is 1.65. The molecule has 0 aliphatic carbocycles. The third-order valence-electron chi connectivity index (χ3n) is 2.39. The molecule has 0 bridgehead atoms. The van der Waals surface area contributed by atoms with Crippen molar-refractivity contribution in [2.75, 3.05) is 26.2 Å². The first-order valence-corrected chi connectivity index (χ1v) is 5.06. The Morgan fingerprint density at radius 2 is 2.23 bits per heavy atom. The largest absolute Gasteiger partial charge is 0.389 e. The lowest BCUT2D eigenvalue weighted by Crippen LogP contribution is -2.32. The average molecular weight is 187 g/mol. The Morgan fingerprint density at radius 3 is 2.69 bits per heavy atom. The van der Waals surface area contributed by atoms with E-state index < -0.39 is 5.60 Å². The van der Waals surface area contributed by atoms with Gasteiger partial charge in [0.2, 0.25) is 0 Å². The standard InChI is InChI=1S/C10H21NO2/c1-9(2)13-7-6-11-5-4-10(3,12)8-11/h9,12H,4-8H2,1-3H3. The summed E-state index contributed by atoms with van der Waals surface area (Å²) in [5.74, 6) is 0. The van der Waals surface area contributed by atoms with E-state index in [2.05, 4.69) is 4.90 Å². The molecule has 0 amide bonds. The number of ether oxygens (including phenoxy) is 1. The van der Waals surface area contributed by atoms with Crippen molar-refractivity contribution < 1.29 is 9.84 Å². The van der Waals surface area contributed by atoms with E-state index in [-0.39, 0.29) is 0 Å². The van der Waals surface area contributed by atoms with Crippen LogP contribution in [0, 0.1) is 0 Å². The van der Waals surface area contributed by atoms with Crippen molar-refractivity contribution in [1.29, 1.82) is 0 Å². The Kier molecular flexibility index (Phi) is 3.71. The lowest BCUT2D eigenvalue weighted by molar-refractivity contribution is 0.0458. The normalized spacial score (nSPS) is 30.2. The van der Waals surface area contributed by atoms with Gasteiger partial charge in [-0.05, 0) is 27.2 Å². The molecule has 3 nitrogen and oxygen atoms in total. The van der Waals surface area contributed by atoms with Gasteiger partial charge in [0.15, 0.2) is 0 Å². The summed E-state index contributed by atoms with van der Waals surface area (Å²) in [6, 6.07) is 0. The molecule has 0 aromatic carbocycles. The topological polar surface area (TPSA) is 32.7 Å². The molecule has 1 aliphatic heterocycles. The Bertz CT molecular complexity index is 157. The summed E-state index contributed by atoms with van der Waals surface area (Å²) in [5, 5.41) is 9.69. The Morgan fingerprint density at radius 1 is 1.54 bits per heavy atom. The Hall–Kier alpha value is -0.120. The van der Waals surface area contributed by atoms with Crippen molar-refractivity contribution in [2.24, 2.45) is 0 Å². The fraction of sp³-hybridized carbons (Fsp3) is 1.00. The van der Waals surface area contributed by atoms with Crippen LogP contribution in [-0.2, 0) is 4.74 Å². The van der Waals surface area contributed by atoms with Crippen LogP contribution in [0.5, 0.6) is 0 Å². The molecule has 3 heteroatoms. The van der Waals surface area contributed by atoms with Gasteiger partial charge in [-0.2, -0.15) is 0 Å². The van der Waals surface area contributed by atoms with Gasteiger partial charge in [-0.15, -0.1) is 0 Å². The predicted octanol–water partition coefficient (Wildman–Crippen LogP) is 0.868. The molecular formula is C10H21NO2. The first kappa shape index (κ1) is 11.0. The molecule has 1 aliphatic rings. The molecule has 1 rings (SSSR count). The van der Waals surface area contributed by atoms with Crippen LogP contribution in [0.25, 0.3) is 0 Å². The maximum absolute atomic E-state index is 9.69. The molecular weight excluding hydrogens is 166 g/mol. The maximum atomic E-state index is 9.69. The van der Waals surface area contributed by atoms with Gasteiger partial charge in [-0.25, -0.2) is 0 Å². The molecule has 0 spiro atoms. The number of aliphatic hydroxyl groups is 1. The highest BCUT2D eigenvalue weighted by molar-refractivity contribution is 4.85. The van der Waals surface area contributed by atoms with E-state index in [1.54, 1.807) is 0 Å². The van der Waals surface area contributed by atoms with Crippen molar-refractivity contribution in [1.82, 2.24) is 4.90 Å². The van der Waals surface area contributed by atoms with Crippen LogP contribution in [0.1, 0.15) is 27.2 Å². The molecule has 1 atom stereocenters. The van der Waals surface area contributed by atoms with Crippen molar-refractivity contribution in [3.8, 4) is 0 Å². The van der Waals surface area contributed by atoms with Crippen molar-refractivity contribution in [3.05, 3.63) is 0 Å². The summed E-state index contributed by atoms with van der Waals surface area (Å²) >= 11 is 0. The van der Waals surface area contributed by atoms with Gasteiger partial charge < -0.3 is 9.84 Å². The second kappa shape index (κ2) is 4.40. The molecule has 0 radical (unpaired) electrons. The zero-order valence-electron chi connectivity index (χ0n) is 8.92. The van der Waals surface area contributed by atoms with Gasteiger partial charge in [0.1, 0.15) is 0 Å². The van der Waals surface area contributed by atoms with Gasteiger partial charge in [-0.3, -0.25) is 4.90 Å². The minimum atomic E-state index is -0.474. The number of nitrogens with zero attached hydrogens (tertiary/aromatic N) is 1. The minimum absolute atomic E-state index is 0.308. The molecule has 0 aromatic rings. The summed E-state index contributed by atoms with van der Waals surface area (Å²) in [5.41, 5.74) is -0.474. The molecule has 1 heterocycles. The molecule has 13 heavy (non-hydrogen) atoms. The number of β-amino-alcohol motifs (C(OH)–C–C–N with tert-alkyl or cyclic N) is 1. The average Bonchev–Trinajstić information content (AvgIpc) is 2.29. The van der Waals surface area contributed by atoms with Crippen molar-refractivity contribution >= 4 is 0 Å². The minimum Gasteiger partial charge on any atom is -0.389 e. The number of rotatable bonds is 4. The third-order valence-corrected chi connectivity index (χ3v) is 2.39. The lowest BCUT2D eigenvalue weighted by atomic mass is 10.1. The third kappa shape index (κ3) is 4.07. The smallest absolute Gasteiger partial charge is 0.0758 e. The Labute approximate surface area is 80.7 Å². The first-order chi connectivity index (χ1) is 5.99. The fourth-order valence-corrected chi connectivity index (χ4v) is 1.65. The van der Waals surface area contributed by atoms with Crippen LogP contribution in [-0.4, -0.2) is 48.0 Å². The van der Waals surface area contributed by atoms with E-state index >= 15 is 0 Å². The first-order valence-electron chi connectivity index (χ1n) is 5.06. The van der Waals surface area contributed by atoms with E-state index in [1.165, 1.54) is 0 Å². The SMILES string of the molecule is CC(C)OCCN1CCC(C)(O)C1. The van der Waals surface area contributed by atoms with Gasteiger partial charge in [0.05, 0.1) is 18.3 Å². The van der Waals surface area contributed by atoms with Crippen molar-refractivity contribution in [3.63, 3.8) is 0 Å². The summed E-state index contributed by atoms with van der Waals surface area (Å²) in [6.45, 7) is 9.47. The molecule has 0 saturated carbocycles. The highest BCUT2D eigenvalue weighted by Gasteiger charge is 2.30. The molecule has 1 N–H and O–H groups in total. The summed E-state index contributed by atoms with van der Waals surface area (Å²) in [7, 11) is 0. The van der Waals surface area contributed by atoms with E-state index in [1.807, 2.05) is 20.8 Å². The maximum Gasteiger partial charge on any atom is 0.0758 e. The predicted molar refractivity (Wildman–Crippen MR) is 52.8 cm³/mol. The van der Waals surface area contributed by atoms with Gasteiger partial charge in [0, 0.05) is 19.6 Å². The molecule has 0 aromatic heterocycles. The van der Waals surface area contributed by atoms with Crippen LogP contribution in [0.15, 0.2) is 0 Å². The van der Waals surface area contributed by atoms with Crippen LogP contribution in [0.4, 0.5) is 0 Å². The lowest BCUT2D eigenvalue weighted by Gasteiger charge is -2.19. The molecule has 78 valence electrons. The highest BCUT2D eigenvalue weighted by Crippen LogP contribution is 2.19. The zero-order valence-corrected chi connectivity index (χ0v) is 8.92. The van der Waals surface area contributed by atoms with Gasteiger partial charge >= 0.3 is 0 Å². The second-order valence-corrected chi connectivity index (χ2v) is 4.44. The van der Waals surface area contributed by atoms with Crippen LogP contribution in [0.2, 0.25) is 0 Å². The highest BCUT2D eigenvalue weighted by atomic mass is 16.5. The summed E-state index contributed by atoms with van der Waals surface area (Å²) in [4.78, 5) is 2.25. The Balaban J connectivity index is 2.11. The van der Waals surface area contributed by atoms with Crippen molar-refractivity contribution in [2.45, 2.75) is 38.9 Å². The van der Waals surface area contributed by atoms with E-state index in [0.717, 1.165) is 32.7 Å². The van der Waals surface area contributed by atoms with Crippen LogP contribution >= 0.6 is 0 Å². The van der Waals surface area contributed by atoms with Crippen LogP contribution < -0.4 is 0 Å². The number of hydrogen-bond donors (Lipinski definition) is 1. The summed E-state index contributed by atoms with van der Waals surface area (Å²) < 4.78 is 5.45. The number of likely N-dealkylation sites (tertiary alicyclic amines) is 1.